The Morgan fingerprint density at radius 1 is 0.833 bits per heavy atom. The van der Waals surface area contributed by atoms with E-state index in [-0.39, 0.29) is 36.3 Å². The molecule has 5 aromatic rings. The molecular weight excluding hydrogens is 733 g/mol. The Morgan fingerprint density at radius 2 is 1.44 bits per heavy atom. The van der Waals surface area contributed by atoms with Crippen molar-refractivity contribution in [3.05, 3.63) is 105 Å². The van der Waals surface area contributed by atoms with Gasteiger partial charge in [-0.25, -0.2) is 19.3 Å². The van der Waals surface area contributed by atoms with E-state index in [0.29, 0.717) is 0 Å². The minimum absolute atomic E-state index is 0.0145. The maximum Gasteiger partial charge on any atom is 0.472 e. The molecule has 2 aromatic carbocycles. The van der Waals surface area contributed by atoms with E-state index in [1.165, 1.54) is 10.9 Å². The highest BCUT2D eigenvalue weighted by Gasteiger charge is 2.52. The molecule has 54 heavy (non-hydrogen) atoms. The first-order valence-electron chi connectivity index (χ1n) is 16.5. The van der Waals surface area contributed by atoms with Crippen LogP contribution < -0.4 is 22.7 Å². The number of nitrogens with one attached hydrogen (secondary N) is 1. The van der Waals surface area contributed by atoms with Crippen LogP contribution in [0.4, 0.5) is 11.9 Å². The van der Waals surface area contributed by atoms with Gasteiger partial charge in [0, 0.05) is 0 Å². The van der Waals surface area contributed by atoms with Gasteiger partial charge in [0.25, 0.3) is 5.56 Å². The molecule has 21 nitrogen and oxygen atoms in total. The van der Waals surface area contributed by atoms with Gasteiger partial charge in [0.1, 0.15) is 43.0 Å². The van der Waals surface area contributed by atoms with Crippen molar-refractivity contribution in [1.82, 2.24) is 34.1 Å². The number of nitrogens with zero attached hydrogens (tertiary/aromatic N) is 6. The molecule has 0 bridgehead atoms. The fraction of sp³-hybridized carbons (Fsp3) is 0.375. The molecule has 0 aliphatic carbocycles. The normalized spacial score (nSPS) is 26.6. The zero-order valence-corrected chi connectivity index (χ0v) is 29.1. The molecule has 0 radical (unpaired) electrons. The van der Waals surface area contributed by atoms with Crippen LogP contribution in [0.1, 0.15) is 23.6 Å². The lowest BCUT2D eigenvalue weighted by atomic mass is 10.1. The average Bonchev–Trinajstić information content (AvgIpc) is 3.82. The number of nitrogen functional groups attached to an aromatic ring is 2. The number of benzene rings is 2. The molecule has 9 atom stereocenters. The van der Waals surface area contributed by atoms with Crippen LogP contribution in [0.3, 0.4) is 0 Å². The predicted molar refractivity (Wildman–Crippen MR) is 185 cm³/mol. The monoisotopic (exact) mass is 769 g/mol. The predicted octanol–water partition coefficient (Wildman–Crippen LogP) is -0.243. The Labute approximate surface area is 304 Å². The molecule has 22 heteroatoms. The minimum atomic E-state index is -5.09. The van der Waals surface area contributed by atoms with Gasteiger partial charge in [-0.1, -0.05) is 60.7 Å². The van der Waals surface area contributed by atoms with E-state index in [9.17, 15) is 29.3 Å². The number of rotatable bonds is 14. The highest BCUT2D eigenvalue weighted by atomic mass is 31.2. The van der Waals surface area contributed by atoms with Gasteiger partial charge in [-0.2, -0.15) is 9.97 Å². The van der Waals surface area contributed by atoms with Crippen molar-refractivity contribution in [2.45, 2.75) is 62.3 Å². The van der Waals surface area contributed by atoms with Crippen molar-refractivity contribution in [3.8, 4) is 0 Å². The molecule has 0 saturated carbocycles. The molecule has 7 rings (SSSR count). The minimum Gasteiger partial charge on any atom is -0.394 e. The van der Waals surface area contributed by atoms with Crippen LogP contribution in [-0.4, -0.2) is 99.0 Å². The molecule has 0 spiro atoms. The lowest BCUT2D eigenvalue weighted by molar-refractivity contribution is -0.0821. The van der Waals surface area contributed by atoms with E-state index in [0.717, 1.165) is 22.0 Å². The second kappa shape index (κ2) is 15.8. The highest BCUT2D eigenvalue weighted by Crippen LogP contribution is 2.50. The van der Waals surface area contributed by atoms with Gasteiger partial charge in [-0.15, -0.1) is 0 Å². The Balaban J connectivity index is 1.11. The molecule has 2 fully saturated rings. The zero-order chi connectivity index (χ0) is 38.0. The first-order chi connectivity index (χ1) is 26.0. The highest BCUT2D eigenvalue weighted by molar-refractivity contribution is 7.47. The maximum atomic E-state index is 13.6. The Kier molecular flexibility index (Phi) is 10.9. The third kappa shape index (κ3) is 7.95. The number of fused-ring (bicyclic) bond motifs is 1. The topological polar surface area (TPSA) is 297 Å². The Hall–Kier alpha value is -4.93. The lowest BCUT2D eigenvalue weighted by Gasteiger charge is -2.26. The van der Waals surface area contributed by atoms with Gasteiger partial charge < -0.3 is 45.5 Å². The van der Waals surface area contributed by atoms with Crippen molar-refractivity contribution in [2.24, 2.45) is 0 Å². The number of imidazole rings is 1. The molecule has 5 unspecified atom stereocenters. The Morgan fingerprint density at radius 3 is 2.09 bits per heavy atom. The standard InChI is InChI=1S/C32H36N9O12P/c33-30-36-16-41(32(45)39-30)28-24(48-12-17-7-3-1-4-8-17)22(43)20(52-28)14-50-54(46,47)53-23-19(11-42)51-29(25(23)49-13-18-9-5-2-6-10-18)40-15-35-21-26(40)37-31(34)38-27(21)44/h1-10,15-16,19-20,22-25,28-29,42-43H,11-14H2,(H,46,47)(H2,33,39,45)(H3,34,37,38,44)/t19-,20-,22?,23?,24?,25?,28-,29-/m1/s1. The number of aliphatic hydroxyl groups excluding tert-OH is 2. The fourth-order valence-electron chi connectivity index (χ4n) is 6.19. The summed E-state index contributed by atoms with van der Waals surface area (Å²) in [5.74, 6) is -0.482. The maximum absolute atomic E-state index is 13.6. The van der Waals surface area contributed by atoms with Crippen LogP contribution in [0.25, 0.3) is 11.2 Å². The molecule has 5 heterocycles. The molecule has 8 N–H and O–H groups in total. The number of aromatic amines is 1. The number of nitrogens with two attached hydrogens (primary N) is 2. The number of aliphatic hydroxyl groups is 2. The SMILES string of the molecule is Nc1ncn([C@@H]2O[C@H](COP(=O)(O)OC3C(OCc4ccccc4)[C@H](n4cnc5c(=O)[nH]c(N)nc54)O[C@@H]3CO)C(O)C2OCc2ccccc2)c(=O)n1. The number of anilines is 2. The molecule has 0 amide bonds. The van der Waals surface area contributed by atoms with Gasteiger partial charge in [0.15, 0.2) is 23.6 Å². The van der Waals surface area contributed by atoms with E-state index in [1.54, 1.807) is 48.5 Å². The van der Waals surface area contributed by atoms with E-state index in [2.05, 4.69) is 24.9 Å². The van der Waals surface area contributed by atoms with Crippen LogP contribution in [0.5, 0.6) is 0 Å². The zero-order valence-electron chi connectivity index (χ0n) is 28.2. The molecular formula is C32H36N9O12P. The molecule has 2 aliphatic rings. The molecule has 2 aliphatic heterocycles. The number of phosphoric ester groups is 1. The van der Waals surface area contributed by atoms with Crippen molar-refractivity contribution < 1.29 is 47.7 Å². The quantitative estimate of drug-likeness (QED) is 0.0794. The summed E-state index contributed by atoms with van der Waals surface area (Å²) in [4.78, 5) is 54.4. The van der Waals surface area contributed by atoms with Crippen molar-refractivity contribution in [1.29, 1.82) is 0 Å². The van der Waals surface area contributed by atoms with E-state index in [1.807, 2.05) is 12.1 Å². The number of hydrogen-bond acceptors (Lipinski definition) is 17. The number of hydrogen-bond donors (Lipinski definition) is 6. The van der Waals surface area contributed by atoms with E-state index in [4.69, 9.17) is 39.5 Å². The van der Waals surface area contributed by atoms with Crippen LogP contribution in [0.2, 0.25) is 0 Å². The van der Waals surface area contributed by atoms with Gasteiger partial charge >= 0.3 is 13.5 Å². The van der Waals surface area contributed by atoms with Crippen LogP contribution in [0.15, 0.2) is 82.9 Å². The lowest BCUT2D eigenvalue weighted by Crippen LogP contribution is -2.39. The van der Waals surface area contributed by atoms with E-state index < -0.39 is 81.4 Å². The van der Waals surface area contributed by atoms with E-state index >= 15 is 0 Å². The summed E-state index contributed by atoms with van der Waals surface area (Å²) in [5, 5.41) is 21.6. The summed E-state index contributed by atoms with van der Waals surface area (Å²) in [6, 6.07) is 18.0. The molecule has 2 saturated heterocycles. The molecule has 286 valence electrons. The first-order valence-corrected chi connectivity index (χ1v) is 18.0. The summed E-state index contributed by atoms with van der Waals surface area (Å²) < 4.78 is 51.1. The van der Waals surface area contributed by atoms with Gasteiger partial charge in [0.05, 0.1) is 32.8 Å². The van der Waals surface area contributed by atoms with Gasteiger partial charge in [0.2, 0.25) is 11.9 Å². The summed E-state index contributed by atoms with van der Waals surface area (Å²) in [5.41, 5.74) is 11.3. The largest absolute Gasteiger partial charge is 0.472 e. The van der Waals surface area contributed by atoms with Crippen molar-refractivity contribution >= 4 is 30.9 Å². The second-order valence-corrected chi connectivity index (χ2v) is 13.7. The first kappa shape index (κ1) is 37.4. The smallest absolute Gasteiger partial charge is 0.394 e. The average molecular weight is 770 g/mol. The summed E-state index contributed by atoms with van der Waals surface area (Å²) in [6.07, 6.45) is -8.11. The summed E-state index contributed by atoms with van der Waals surface area (Å²) in [7, 11) is -5.09. The summed E-state index contributed by atoms with van der Waals surface area (Å²) >= 11 is 0. The van der Waals surface area contributed by atoms with Crippen molar-refractivity contribution in [3.63, 3.8) is 0 Å². The number of aromatic nitrogens is 7. The number of H-pyrrole nitrogens is 1. The third-order valence-corrected chi connectivity index (χ3v) is 9.74. The fourth-order valence-corrected chi connectivity index (χ4v) is 7.15. The number of ether oxygens (including phenoxy) is 4. The van der Waals surface area contributed by atoms with Gasteiger partial charge in [-0.05, 0) is 11.1 Å². The Bertz CT molecular complexity index is 2230. The number of phosphoric acid groups is 1. The molecule has 3 aromatic heterocycles. The van der Waals surface area contributed by atoms with Crippen LogP contribution in [-0.2, 0) is 45.8 Å². The summed E-state index contributed by atoms with van der Waals surface area (Å²) in [6.45, 7) is -1.43. The van der Waals surface area contributed by atoms with Crippen LogP contribution >= 0.6 is 7.82 Å². The van der Waals surface area contributed by atoms with Crippen molar-refractivity contribution in [2.75, 3.05) is 24.7 Å². The van der Waals surface area contributed by atoms with Gasteiger partial charge in [-0.3, -0.25) is 28.0 Å². The van der Waals surface area contributed by atoms with Crippen LogP contribution in [0, 0.1) is 0 Å². The second-order valence-electron chi connectivity index (χ2n) is 12.3. The third-order valence-electron chi connectivity index (χ3n) is 8.75.